The van der Waals surface area contributed by atoms with Gasteiger partial charge in [-0.2, -0.15) is 0 Å². The largest absolute Gasteiger partial charge is 0.399 e. The molecule has 0 saturated carbocycles. The number of rotatable bonds is 4. The van der Waals surface area contributed by atoms with Gasteiger partial charge in [0.05, 0.1) is 5.54 Å². The van der Waals surface area contributed by atoms with E-state index in [0.717, 1.165) is 5.57 Å². The lowest BCUT2D eigenvalue weighted by molar-refractivity contribution is 0.410. The van der Waals surface area contributed by atoms with E-state index in [9.17, 15) is 4.39 Å². The topological polar surface area (TPSA) is 64.1 Å². The molecule has 0 amide bonds. The summed E-state index contributed by atoms with van der Waals surface area (Å²) in [5, 5.41) is 3.04. The molecule has 3 nitrogen and oxygen atoms in total. The SMILES string of the molecule is C=C(C)C[C@](C)(NC(N)=S)c1cc(N)ccc1F. The predicted molar refractivity (Wildman–Crippen MR) is 77.5 cm³/mol. The van der Waals surface area contributed by atoms with Crippen LogP contribution in [0.2, 0.25) is 0 Å². The van der Waals surface area contributed by atoms with Gasteiger partial charge in [-0.25, -0.2) is 4.39 Å². The summed E-state index contributed by atoms with van der Waals surface area (Å²) in [5.41, 5.74) is 12.3. The van der Waals surface area contributed by atoms with Crippen LogP contribution in [0.15, 0.2) is 30.4 Å². The molecule has 0 aliphatic heterocycles. The number of nitrogen functional groups attached to an aromatic ring is 1. The van der Waals surface area contributed by atoms with Gasteiger partial charge in [-0.3, -0.25) is 0 Å². The third-order valence-corrected chi connectivity index (χ3v) is 2.74. The summed E-state index contributed by atoms with van der Waals surface area (Å²) < 4.78 is 14.0. The van der Waals surface area contributed by atoms with E-state index < -0.39 is 5.54 Å². The van der Waals surface area contributed by atoms with Crippen molar-refractivity contribution in [3.05, 3.63) is 41.7 Å². The van der Waals surface area contributed by atoms with Crippen LogP contribution in [0.5, 0.6) is 0 Å². The first kappa shape index (κ1) is 14.4. The van der Waals surface area contributed by atoms with Crippen molar-refractivity contribution in [3.8, 4) is 0 Å². The van der Waals surface area contributed by atoms with E-state index in [1.807, 2.05) is 13.8 Å². The average molecular weight is 267 g/mol. The second-order valence-corrected chi connectivity index (χ2v) is 5.13. The molecule has 0 heterocycles. The van der Waals surface area contributed by atoms with Gasteiger partial charge in [-0.1, -0.05) is 5.57 Å². The van der Waals surface area contributed by atoms with Crippen molar-refractivity contribution < 1.29 is 4.39 Å². The maximum absolute atomic E-state index is 14.0. The zero-order valence-electron chi connectivity index (χ0n) is 10.6. The smallest absolute Gasteiger partial charge is 0.164 e. The summed E-state index contributed by atoms with van der Waals surface area (Å²) in [6.07, 6.45) is 0.505. The molecule has 1 aromatic rings. The highest BCUT2D eigenvalue weighted by molar-refractivity contribution is 7.80. The number of halogens is 1. The summed E-state index contributed by atoms with van der Waals surface area (Å²) >= 11 is 4.86. The molecule has 98 valence electrons. The van der Waals surface area contributed by atoms with Gasteiger partial charge in [0.15, 0.2) is 5.11 Å². The Morgan fingerprint density at radius 2 is 2.17 bits per heavy atom. The minimum Gasteiger partial charge on any atom is -0.399 e. The fraction of sp³-hybridized carbons (Fsp3) is 0.308. The van der Waals surface area contributed by atoms with Crippen LogP contribution >= 0.6 is 12.2 Å². The molecule has 1 atom stereocenters. The van der Waals surface area contributed by atoms with Crippen molar-refractivity contribution in [1.29, 1.82) is 0 Å². The number of hydrogen-bond acceptors (Lipinski definition) is 2. The van der Waals surface area contributed by atoms with E-state index in [2.05, 4.69) is 11.9 Å². The van der Waals surface area contributed by atoms with Crippen LogP contribution in [0.3, 0.4) is 0 Å². The van der Waals surface area contributed by atoms with Crippen LogP contribution < -0.4 is 16.8 Å². The van der Waals surface area contributed by atoms with Crippen LogP contribution in [0, 0.1) is 5.82 Å². The minimum atomic E-state index is -0.753. The van der Waals surface area contributed by atoms with E-state index in [-0.39, 0.29) is 10.9 Å². The predicted octanol–water partition coefficient (Wildman–Crippen LogP) is 2.42. The molecular weight excluding hydrogens is 249 g/mol. The number of nitrogens with two attached hydrogens (primary N) is 2. The average Bonchev–Trinajstić information content (AvgIpc) is 2.19. The third kappa shape index (κ3) is 3.43. The van der Waals surface area contributed by atoms with E-state index in [0.29, 0.717) is 17.7 Å². The molecule has 0 fully saturated rings. The van der Waals surface area contributed by atoms with Gasteiger partial charge < -0.3 is 16.8 Å². The van der Waals surface area contributed by atoms with Crippen molar-refractivity contribution in [1.82, 2.24) is 5.32 Å². The molecule has 5 N–H and O–H groups in total. The van der Waals surface area contributed by atoms with Gasteiger partial charge in [0.25, 0.3) is 0 Å². The summed E-state index contributed by atoms with van der Waals surface area (Å²) in [5.74, 6) is -0.350. The van der Waals surface area contributed by atoms with Crippen molar-refractivity contribution >= 4 is 23.0 Å². The Morgan fingerprint density at radius 1 is 1.56 bits per heavy atom. The van der Waals surface area contributed by atoms with Gasteiger partial charge in [0.1, 0.15) is 5.82 Å². The van der Waals surface area contributed by atoms with Crippen LogP contribution in [0.4, 0.5) is 10.1 Å². The van der Waals surface area contributed by atoms with Gasteiger partial charge in [0, 0.05) is 11.3 Å². The third-order valence-electron chi connectivity index (χ3n) is 2.64. The highest BCUT2D eigenvalue weighted by Crippen LogP contribution is 2.31. The summed E-state index contributed by atoms with van der Waals surface area (Å²) in [6.45, 7) is 7.53. The van der Waals surface area contributed by atoms with Crippen molar-refractivity contribution in [2.75, 3.05) is 5.73 Å². The minimum absolute atomic E-state index is 0.112. The Morgan fingerprint density at radius 3 is 2.67 bits per heavy atom. The maximum atomic E-state index is 14.0. The zero-order chi connectivity index (χ0) is 13.9. The standard InChI is InChI=1S/C13H18FN3S/c1-8(2)7-13(3,17-12(16)18)10-6-9(15)4-5-11(10)14/h4-6H,1,7,15H2,2-3H3,(H3,16,17,18)/t13-/m0/s1. The second kappa shape index (κ2) is 5.35. The molecule has 1 aromatic carbocycles. The summed E-state index contributed by atoms with van der Waals surface area (Å²) in [6, 6.07) is 4.44. The molecule has 0 unspecified atom stereocenters. The Labute approximate surface area is 112 Å². The van der Waals surface area contributed by atoms with Crippen molar-refractivity contribution in [2.24, 2.45) is 5.73 Å². The maximum Gasteiger partial charge on any atom is 0.164 e. The van der Waals surface area contributed by atoms with Crippen molar-refractivity contribution in [3.63, 3.8) is 0 Å². The van der Waals surface area contributed by atoms with Crippen molar-refractivity contribution in [2.45, 2.75) is 25.8 Å². The molecule has 5 heteroatoms. The van der Waals surface area contributed by atoms with Crippen LogP contribution in [-0.2, 0) is 5.54 Å². The normalized spacial score (nSPS) is 13.7. The summed E-state index contributed by atoms with van der Waals surface area (Å²) in [7, 11) is 0. The molecule has 0 spiro atoms. The number of hydrogen-bond donors (Lipinski definition) is 3. The fourth-order valence-electron chi connectivity index (χ4n) is 2.05. The molecule has 0 aliphatic rings. The highest BCUT2D eigenvalue weighted by atomic mass is 32.1. The van der Waals surface area contributed by atoms with Crippen LogP contribution in [0.1, 0.15) is 25.8 Å². The monoisotopic (exact) mass is 267 g/mol. The second-order valence-electron chi connectivity index (χ2n) is 4.69. The Kier molecular flexibility index (Phi) is 4.29. The number of nitrogens with one attached hydrogen (secondary N) is 1. The van der Waals surface area contributed by atoms with E-state index in [1.54, 1.807) is 6.07 Å². The van der Waals surface area contributed by atoms with Gasteiger partial charge in [0.2, 0.25) is 0 Å². The number of thiocarbonyl (C=S) groups is 1. The molecule has 0 aliphatic carbocycles. The Bertz CT molecular complexity index is 469. The number of benzene rings is 1. The fourth-order valence-corrected chi connectivity index (χ4v) is 2.27. The number of anilines is 1. The van der Waals surface area contributed by atoms with Gasteiger partial charge in [-0.05, 0) is 50.7 Å². The first-order valence-corrected chi connectivity index (χ1v) is 5.93. The van der Waals surface area contributed by atoms with Crippen LogP contribution in [0.25, 0.3) is 0 Å². The molecule has 1 rings (SSSR count). The first-order chi connectivity index (χ1) is 8.24. The van der Waals surface area contributed by atoms with E-state index >= 15 is 0 Å². The van der Waals surface area contributed by atoms with Gasteiger partial charge in [-0.15, -0.1) is 6.58 Å². The highest BCUT2D eigenvalue weighted by Gasteiger charge is 2.30. The lowest BCUT2D eigenvalue weighted by Crippen LogP contribution is -2.46. The zero-order valence-corrected chi connectivity index (χ0v) is 11.4. The Hall–Kier alpha value is -1.62. The van der Waals surface area contributed by atoms with Crippen LogP contribution in [-0.4, -0.2) is 5.11 Å². The lowest BCUT2D eigenvalue weighted by Gasteiger charge is -2.32. The van der Waals surface area contributed by atoms with E-state index in [1.165, 1.54) is 12.1 Å². The molecule has 0 radical (unpaired) electrons. The molecule has 0 bridgehead atoms. The molecule has 0 saturated heterocycles. The van der Waals surface area contributed by atoms with Gasteiger partial charge >= 0.3 is 0 Å². The molecule has 0 aromatic heterocycles. The summed E-state index contributed by atoms with van der Waals surface area (Å²) in [4.78, 5) is 0. The first-order valence-electron chi connectivity index (χ1n) is 5.52. The molecule has 18 heavy (non-hydrogen) atoms. The molecular formula is C13H18FN3S. The quantitative estimate of drug-likeness (QED) is 0.445. The Balaban J connectivity index is 3.28. The van der Waals surface area contributed by atoms with E-state index in [4.69, 9.17) is 23.7 Å². The lowest BCUT2D eigenvalue weighted by atomic mass is 9.85.